The molecule has 0 amide bonds. The molecule has 3 N–H and O–H groups in total. The van der Waals surface area contributed by atoms with Crippen molar-refractivity contribution in [3.05, 3.63) is 47.2 Å². The maximum absolute atomic E-state index is 9.01. The van der Waals surface area contributed by atoms with Crippen molar-refractivity contribution in [2.24, 2.45) is 0 Å². The molecule has 1 aromatic heterocycles. The highest BCUT2D eigenvalue weighted by atomic mass is 16.3. The van der Waals surface area contributed by atoms with Gasteiger partial charge in [0.15, 0.2) is 0 Å². The van der Waals surface area contributed by atoms with Crippen LogP contribution in [0.15, 0.2) is 30.5 Å². The molecule has 1 aromatic carbocycles. The largest absolute Gasteiger partial charge is 0.391 e. The smallest absolute Gasteiger partial charge is 0.127 e. The van der Waals surface area contributed by atoms with E-state index >= 15 is 0 Å². The second-order valence-corrected chi connectivity index (χ2v) is 3.86. The van der Waals surface area contributed by atoms with Crippen LogP contribution in [0.5, 0.6) is 0 Å². The molecule has 2 rings (SSSR count). The van der Waals surface area contributed by atoms with E-state index in [1.165, 1.54) is 5.56 Å². The molecular weight excluding hydrogens is 202 g/mol. The van der Waals surface area contributed by atoms with Crippen LogP contribution in [0.25, 0.3) is 0 Å². The monoisotopic (exact) mass is 217 g/mol. The van der Waals surface area contributed by atoms with Gasteiger partial charge in [0.2, 0.25) is 0 Å². The minimum absolute atomic E-state index is 0.0698. The Bertz CT molecular complexity index is 491. The minimum Gasteiger partial charge on any atom is -0.391 e. The summed E-state index contributed by atoms with van der Waals surface area (Å²) < 4.78 is 1.69. The van der Waals surface area contributed by atoms with Crippen molar-refractivity contribution < 1.29 is 5.11 Å². The quantitative estimate of drug-likeness (QED) is 0.814. The number of hydrogen-bond donors (Lipinski definition) is 2. The normalized spacial score (nSPS) is 10.6. The van der Waals surface area contributed by atoms with Crippen molar-refractivity contribution in [1.29, 1.82) is 0 Å². The van der Waals surface area contributed by atoms with Crippen LogP contribution in [0.1, 0.15) is 16.7 Å². The zero-order valence-corrected chi connectivity index (χ0v) is 9.22. The van der Waals surface area contributed by atoms with Crippen LogP contribution < -0.4 is 5.73 Å². The van der Waals surface area contributed by atoms with E-state index in [1.54, 1.807) is 10.9 Å². The Balaban J connectivity index is 2.24. The third-order valence-corrected chi connectivity index (χ3v) is 2.55. The Kier molecular flexibility index (Phi) is 2.92. The van der Waals surface area contributed by atoms with Crippen LogP contribution in [0, 0.1) is 6.92 Å². The number of nitrogen functional groups attached to an aromatic ring is 1. The van der Waals surface area contributed by atoms with E-state index in [-0.39, 0.29) is 6.61 Å². The third kappa shape index (κ3) is 2.06. The van der Waals surface area contributed by atoms with Gasteiger partial charge in [0, 0.05) is 5.56 Å². The second-order valence-electron chi connectivity index (χ2n) is 3.86. The summed E-state index contributed by atoms with van der Waals surface area (Å²) in [6.07, 6.45) is 1.60. The Labute approximate surface area is 94.3 Å². The van der Waals surface area contributed by atoms with E-state index in [0.717, 1.165) is 5.56 Å². The summed E-state index contributed by atoms with van der Waals surface area (Å²) in [7, 11) is 0. The SMILES string of the molecule is Cc1cccc(Cn2ncc(CO)c2N)c1. The van der Waals surface area contributed by atoms with E-state index in [9.17, 15) is 0 Å². The number of aliphatic hydroxyl groups excluding tert-OH is 1. The summed E-state index contributed by atoms with van der Waals surface area (Å²) >= 11 is 0. The van der Waals surface area contributed by atoms with Gasteiger partial charge in [-0.15, -0.1) is 0 Å². The maximum atomic E-state index is 9.01. The topological polar surface area (TPSA) is 64.1 Å². The first-order chi connectivity index (χ1) is 7.70. The first kappa shape index (κ1) is 10.7. The molecule has 0 atom stereocenters. The number of nitrogens with zero attached hydrogens (tertiary/aromatic N) is 2. The molecule has 0 fully saturated rings. The van der Waals surface area contributed by atoms with Gasteiger partial charge < -0.3 is 10.8 Å². The van der Waals surface area contributed by atoms with E-state index < -0.39 is 0 Å². The number of aryl methyl sites for hydroxylation is 1. The predicted molar refractivity (Wildman–Crippen MR) is 62.8 cm³/mol. The minimum atomic E-state index is -0.0698. The molecule has 0 bridgehead atoms. The maximum Gasteiger partial charge on any atom is 0.127 e. The molecule has 84 valence electrons. The molecule has 4 heteroatoms. The lowest BCUT2D eigenvalue weighted by atomic mass is 10.1. The van der Waals surface area contributed by atoms with Crippen LogP contribution in [-0.4, -0.2) is 14.9 Å². The standard InChI is InChI=1S/C12H15N3O/c1-9-3-2-4-10(5-9)7-15-12(13)11(8-16)6-14-15/h2-6,16H,7-8,13H2,1H3. The molecule has 0 spiro atoms. The van der Waals surface area contributed by atoms with Crippen molar-refractivity contribution >= 4 is 5.82 Å². The summed E-state index contributed by atoms with van der Waals surface area (Å²) in [6, 6.07) is 8.19. The number of aliphatic hydroxyl groups is 1. The molecule has 16 heavy (non-hydrogen) atoms. The van der Waals surface area contributed by atoms with Gasteiger partial charge in [-0.3, -0.25) is 0 Å². The van der Waals surface area contributed by atoms with Gasteiger partial charge >= 0.3 is 0 Å². The molecule has 0 aliphatic carbocycles. The lowest BCUT2D eigenvalue weighted by Gasteiger charge is -2.05. The molecule has 0 saturated heterocycles. The zero-order chi connectivity index (χ0) is 11.5. The van der Waals surface area contributed by atoms with Crippen molar-refractivity contribution in [3.63, 3.8) is 0 Å². The van der Waals surface area contributed by atoms with Crippen molar-refractivity contribution in [1.82, 2.24) is 9.78 Å². The predicted octanol–water partition coefficient (Wildman–Crippen LogP) is 1.31. The summed E-state index contributed by atoms with van der Waals surface area (Å²) in [5.41, 5.74) is 8.88. The fourth-order valence-electron chi connectivity index (χ4n) is 1.66. The summed E-state index contributed by atoms with van der Waals surface area (Å²) in [6.45, 7) is 2.61. The molecular formula is C12H15N3O. The Morgan fingerprint density at radius 3 is 2.88 bits per heavy atom. The molecule has 4 nitrogen and oxygen atoms in total. The first-order valence-electron chi connectivity index (χ1n) is 5.17. The summed E-state index contributed by atoms with van der Waals surface area (Å²) in [4.78, 5) is 0. The third-order valence-electron chi connectivity index (χ3n) is 2.55. The molecule has 0 radical (unpaired) electrons. The number of anilines is 1. The summed E-state index contributed by atoms with van der Waals surface area (Å²) in [5.74, 6) is 0.531. The molecule has 0 aliphatic rings. The van der Waals surface area contributed by atoms with E-state index in [0.29, 0.717) is 17.9 Å². The highest BCUT2D eigenvalue weighted by molar-refractivity contribution is 5.38. The molecule has 0 saturated carbocycles. The molecule has 0 aliphatic heterocycles. The van der Waals surface area contributed by atoms with E-state index in [4.69, 9.17) is 10.8 Å². The van der Waals surface area contributed by atoms with Crippen molar-refractivity contribution in [3.8, 4) is 0 Å². The lowest BCUT2D eigenvalue weighted by molar-refractivity contribution is 0.282. The fourth-order valence-corrected chi connectivity index (χ4v) is 1.66. The van der Waals surface area contributed by atoms with Crippen LogP contribution in [0.2, 0.25) is 0 Å². The van der Waals surface area contributed by atoms with Crippen molar-refractivity contribution in [2.75, 3.05) is 5.73 Å². The first-order valence-corrected chi connectivity index (χ1v) is 5.17. The van der Waals surface area contributed by atoms with Crippen LogP contribution in [-0.2, 0) is 13.2 Å². The number of benzene rings is 1. The Hall–Kier alpha value is -1.81. The van der Waals surface area contributed by atoms with Crippen molar-refractivity contribution in [2.45, 2.75) is 20.1 Å². The van der Waals surface area contributed by atoms with Gasteiger partial charge in [-0.05, 0) is 12.5 Å². The molecule has 2 aromatic rings. The van der Waals surface area contributed by atoms with Crippen LogP contribution in [0.3, 0.4) is 0 Å². The number of rotatable bonds is 3. The van der Waals surface area contributed by atoms with Gasteiger partial charge in [-0.2, -0.15) is 5.10 Å². The average Bonchev–Trinajstić information content (AvgIpc) is 2.60. The number of aromatic nitrogens is 2. The van der Waals surface area contributed by atoms with E-state index in [1.807, 2.05) is 12.1 Å². The lowest BCUT2D eigenvalue weighted by Crippen LogP contribution is -2.06. The Morgan fingerprint density at radius 1 is 1.44 bits per heavy atom. The fraction of sp³-hybridized carbons (Fsp3) is 0.250. The van der Waals surface area contributed by atoms with Crippen LogP contribution >= 0.6 is 0 Å². The second kappa shape index (κ2) is 4.37. The highest BCUT2D eigenvalue weighted by Crippen LogP contribution is 2.13. The zero-order valence-electron chi connectivity index (χ0n) is 9.22. The number of nitrogens with two attached hydrogens (primary N) is 1. The Morgan fingerprint density at radius 2 is 2.25 bits per heavy atom. The highest BCUT2D eigenvalue weighted by Gasteiger charge is 2.06. The molecule has 1 heterocycles. The van der Waals surface area contributed by atoms with Gasteiger partial charge in [0.25, 0.3) is 0 Å². The van der Waals surface area contributed by atoms with E-state index in [2.05, 4.69) is 24.2 Å². The van der Waals surface area contributed by atoms with Gasteiger partial charge in [-0.25, -0.2) is 4.68 Å². The number of hydrogen-bond acceptors (Lipinski definition) is 3. The van der Waals surface area contributed by atoms with Gasteiger partial charge in [-0.1, -0.05) is 29.8 Å². The van der Waals surface area contributed by atoms with Gasteiger partial charge in [0.05, 0.1) is 19.3 Å². The van der Waals surface area contributed by atoms with Crippen LogP contribution in [0.4, 0.5) is 5.82 Å². The molecule has 0 unspecified atom stereocenters. The summed E-state index contributed by atoms with van der Waals surface area (Å²) in [5, 5.41) is 13.2. The van der Waals surface area contributed by atoms with Gasteiger partial charge in [0.1, 0.15) is 5.82 Å². The average molecular weight is 217 g/mol.